The van der Waals surface area contributed by atoms with Crippen LogP contribution in [0.25, 0.3) is 0 Å². The van der Waals surface area contributed by atoms with Crippen LogP contribution in [0.5, 0.6) is 5.75 Å². The lowest BCUT2D eigenvalue weighted by Crippen LogP contribution is -2.34. The zero-order valence-electron chi connectivity index (χ0n) is 16.1. The maximum atomic E-state index is 15.3. The zero-order chi connectivity index (χ0) is 20.9. The molecule has 0 saturated carbocycles. The number of aromatic nitrogens is 2. The number of nitrogens with one attached hydrogen (secondary N) is 1. The number of fused-ring (bicyclic) bond motifs is 1. The maximum Gasteiger partial charge on any atom is 0.326 e. The summed E-state index contributed by atoms with van der Waals surface area (Å²) >= 11 is 0. The molecule has 9 nitrogen and oxygen atoms in total. The number of benzene rings is 1. The van der Waals surface area contributed by atoms with E-state index in [1.165, 1.54) is 6.07 Å². The molecule has 11 heteroatoms. The third kappa shape index (κ3) is 3.55. The van der Waals surface area contributed by atoms with Crippen molar-refractivity contribution < 1.29 is 22.7 Å². The quantitative estimate of drug-likeness (QED) is 0.735. The van der Waals surface area contributed by atoms with E-state index < -0.39 is 39.9 Å². The van der Waals surface area contributed by atoms with Crippen LogP contribution in [-0.4, -0.2) is 53.7 Å². The number of rotatable bonds is 4. The molecule has 2 N–H and O–H groups in total. The SMILES string of the molecule is Cc1nn(C)cc1CCN1CCc2cc(O)c(N3CC(=O)NS3(=O)=O)c(F)c2C1. The topological polar surface area (TPSA) is 108 Å². The molecule has 0 bridgehead atoms. The van der Waals surface area contributed by atoms with Crippen molar-refractivity contribution in [1.29, 1.82) is 0 Å². The van der Waals surface area contributed by atoms with Crippen molar-refractivity contribution in [2.24, 2.45) is 7.05 Å². The van der Waals surface area contributed by atoms with E-state index in [9.17, 15) is 18.3 Å². The first-order chi connectivity index (χ1) is 13.7. The Morgan fingerprint density at radius 3 is 2.72 bits per heavy atom. The fourth-order valence-corrected chi connectivity index (χ4v) is 5.10. The van der Waals surface area contributed by atoms with Crippen molar-refractivity contribution in [3.05, 3.63) is 40.5 Å². The fourth-order valence-electron chi connectivity index (χ4n) is 3.94. The number of carbonyl (C=O) groups excluding carboxylic acids is 1. The zero-order valence-corrected chi connectivity index (χ0v) is 17.0. The molecule has 2 aliphatic rings. The van der Waals surface area contributed by atoms with Gasteiger partial charge in [-0.2, -0.15) is 13.5 Å². The molecular formula is C18H22FN5O4S. The van der Waals surface area contributed by atoms with E-state index in [2.05, 4.69) is 10.00 Å². The van der Waals surface area contributed by atoms with Gasteiger partial charge in [0.15, 0.2) is 5.82 Å². The molecule has 3 heterocycles. The van der Waals surface area contributed by atoms with Crippen LogP contribution in [0, 0.1) is 12.7 Å². The van der Waals surface area contributed by atoms with Gasteiger partial charge in [0.05, 0.1) is 5.69 Å². The third-order valence-corrected chi connectivity index (χ3v) is 6.75. The molecule has 0 radical (unpaired) electrons. The molecule has 0 unspecified atom stereocenters. The van der Waals surface area contributed by atoms with Gasteiger partial charge in [-0.05, 0) is 37.0 Å². The molecule has 4 rings (SSSR count). The molecule has 0 spiro atoms. The number of aromatic hydroxyl groups is 1. The average molecular weight is 423 g/mol. The predicted molar refractivity (Wildman–Crippen MR) is 103 cm³/mol. The van der Waals surface area contributed by atoms with Gasteiger partial charge in [-0.3, -0.25) is 14.4 Å². The van der Waals surface area contributed by atoms with Crippen molar-refractivity contribution in [2.45, 2.75) is 26.3 Å². The summed E-state index contributed by atoms with van der Waals surface area (Å²) in [6, 6.07) is 1.40. The minimum Gasteiger partial charge on any atom is -0.506 e. The Bertz CT molecular complexity index is 1100. The van der Waals surface area contributed by atoms with Crippen LogP contribution >= 0.6 is 0 Å². The summed E-state index contributed by atoms with van der Waals surface area (Å²) < 4.78 is 43.6. The van der Waals surface area contributed by atoms with Crippen molar-refractivity contribution in [2.75, 3.05) is 23.9 Å². The summed E-state index contributed by atoms with van der Waals surface area (Å²) in [5.41, 5.74) is 2.60. The van der Waals surface area contributed by atoms with Crippen LogP contribution in [0.15, 0.2) is 12.3 Å². The van der Waals surface area contributed by atoms with Crippen LogP contribution in [0.2, 0.25) is 0 Å². The van der Waals surface area contributed by atoms with Gasteiger partial charge < -0.3 is 5.11 Å². The molecule has 156 valence electrons. The highest BCUT2D eigenvalue weighted by molar-refractivity contribution is 7.92. The van der Waals surface area contributed by atoms with E-state index in [0.717, 1.165) is 17.7 Å². The molecule has 2 aromatic rings. The van der Waals surface area contributed by atoms with Gasteiger partial charge in [0, 0.05) is 38.4 Å². The highest BCUT2D eigenvalue weighted by Gasteiger charge is 2.38. The monoisotopic (exact) mass is 423 g/mol. The van der Waals surface area contributed by atoms with Gasteiger partial charge in [0.25, 0.3) is 5.91 Å². The Kier molecular flexibility index (Phi) is 4.74. The van der Waals surface area contributed by atoms with Crippen LogP contribution in [0.1, 0.15) is 22.4 Å². The minimum absolute atomic E-state index is 0.295. The van der Waals surface area contributed by atoms with Gasteiger partial charge in [-0.1, -0.05) is 0 Å². The Morgan fingerprint density at radius 2 is 2.10 bits per heavy atom. The van der Waals surface area contributed by atoms with Gasteiger partial charge >= 0.3 is 10.2 Å². The predicted octanol–water partition coefficient (Wildman–Crippen LogP) is 0.355. The van der Waals surface area contributed by atoms with Crippen molar-refractivity contribution >= 4 is 21.8 Å². The first-order valence-corrected chi connectivity index (χ1v) is 10.7. The first kappa shape index (κ1) is 19.6. The number of phenols is 1. The fraction of sp³-hybridized carbons (Fsp3) is 0.444. The maximum absolute atomic E-state index is 15.3. The van der Waals surface area contributed by atoms with Crippen LogP contribution in [0.4, 0.5) is 10.1 Å². The number of amides is 1. The lowest BCUT2D eigenvalue weighted by atomic mass is 9.97. The summed E-state index contributed by atoms with van der Waals surface area (Å²) in [5, 5.41) is 14.6. The lowest BCUT2D eigenvalue weighted by molar-refractivity contribution is -0.117. The van der Waals surface area contributed by atoms with E-state index in [1.54, 1.807) is 9.40 Å². The summed E-state index contributed by atoms with van der Waals surface area (Å²) in [7, 11) is -2.35. The Balaban J connectivity index is 1.59. The lowest BCUT2D eigenvalue weighted by Gasteiger charge is -2.30. The molecule has 1 amide bonds. The number of hydrogen-bond donors (Lipinski definition) is 2. The van der Waals surface area contributed by atoms with Crippen LogP contribution < -0.4 is 9.03 Å². The Labute approximate surface area is 167 Å². The second kappa shape index (κ2) is 6.99. The first-order valence-electron chi connectivity index (χ1n) is 9.23. The molecular weight excluding hydrogens is 401 g/mol. The standard InChI is InChI=1S/C18H22FN5O4S/c1-11-13(8-22(2)20-11)4-6-23-5-3-12-7-15(25)18(17(19)14(12)9-23)24-10-16(26)21-29(24,27)28/h7-8,25H,3-6,9-10H2,1-2H3,(H,21,26). The number of phenolic OH excluding ortho intramolecular Hbond substituents is 1. The van der Waals surface area contributed by atoms with Gasteiger partial charge in [0.1, 0.15) is 18.0 Å². The molecule has 1 aromatic carbocycles. The van der Waals surface area contributed by atoms with Crippen molar-refractivity contribution in [3.63, 3.8) is 0 Å². The number of carbonyl (C=O) groups is 1. The van der Waals surface area contributed by atoms with E-state index in [4.69, 9.17) is 0 Å². The van der Waals surface area contributed by atoms with E-state index in [0.29, 0.717) is 41.5 Å². The van der Waals surface area contributed by atoms with Crippen LogP contribution in [0.3, 0.4) is 0 Å². The second-order valence-corrected chi connectivity index (χ2v) is 9.02. The molecule has 1 fully saturated rings. The molecule has 0 aliphatic carbocycles. The van der Waals surface area contributed by atoms with Gasteiger partial charge in [-0.15, -0.1) is 0 Å². The summed E-state index contributed by atoms with van der Waals surface area (Å²) in [6.07, 6.45) is 3.27. The minimum atomic E-state index is -4.21. The molecule has 0 atom stereocenters. The number of hydrogen-bond acceptors (Lipinski definition) is 6. The number of aryl methyl sites for hydroxylation is 2. The highest BCUT2D eigenvalue weighted by Crippen LogP contribution is 2.39. The Morgan fingerprint density at radius 1 is 1.34 bits per heavy atom. The van der Waals surface area contributed by atoms with E-state index >= 15 is 4.39 Å². The Hall–Kier alpha value is -2.66. The summed E-state index contributed by atoms with van der Waals surface area (Å²) in [6.45, 7) is 3.08. The highest BCUT2D eigenvalue weighted by atomic mass is 32.2. The third-order valence-electron chi connectivity index (χ3n) is 5.38. The summed E-state index contributed by atoms with van der Waals surface area (Å²) in [5.74, 6) is -2.06. The average Bonchev–Trinajstić information content (AvgIpc) is 3.09. The van der Waals surface area contributed by atoms with E-state index in [1.807, 2.05) is 20.2 Å². The molecule has 1 aromatic heterocycles. The van der Waals surface area contributed by atoms with Crippen molar-refractivity contribution in [1.82, 2.24) is 19.4 Å². The van der Waals surface area contributed by atoms with Crippen molar-refractivity contribution in [3.8, 4) is 5.75 Å². The van der Waals surface area contributed by atoms with Gasteiger partial charge in [0.2, 0.25) is 0 Å². The largest absolute Gasteiger partial charge is 0.506 e. The normalized spacial score (nSPS) is 18.7. The molecule has 29 heavy (non-hydrogen) atoms. The molecule has 1 saturated heterocycles. The van der Waals surface area contributed by atoms with E-state index in [-0.39, 0.29) is 0 Å². The van der Waals surface area contributed by atoms with Crippen LogP contribution in [-0.2, 0) is 41.4 Å². The number of anilines is 1. The number of nitrogens with zero attached hydrogens (tertiary/aromatic N) is 4. The van der Waals surface area contributed by atoms with Gasteiger partial charge in [-0.25, -0.2) is 13.4 Å². The number of halogens is 1. The molecule has 2 aliphatic heterocycles. The smallest absolute Gasteiger partial charge is 0.326 e. The summed E-state index contributed by atoms with van der Waals surface area (Å²) in [4.78, 5) is 13.6. The second-order valence-electron chi connectivity index (χ2n) is 7.42.